The molecule has 100 valence electrons. The number of hydrogen-bond acceptors (Lipinski definition) is 3. The van der Waals surface area contributed by atoms with Gasteiger partial charge < -0.3 is 9.73 Å². The van der Waals surface area contributed by atoms with E-state index >= 15 is 0 Å². The highest BCUT2D eigenvalue weighted by Crippen LogP contribution is 2.24. The smallest absolute Gasteiger partial charge is 0.118 e. The molecule has 1 aliphatic heterocycles. The molecular weight excluding hydrogens is 224 g/mol. The van der Waals surface area contributed by atoms with Crippen molar-refractivity contribution in [3.63, 3.8) is 0 Å². The maximum absolute atomic E-state index is 5.89. The standard InChI is InChI=1S/C15H24N2O/c1-11-8-17(9-12(11)2)10-15-6-5-14(18-15)7-16-13-3-4-13/h5-6,11-13,16H,3-4,7-10H2,1-2H3. The van der Waals surface area contributed by atoms with Crippen LogP contribution in [0.4, 0.5) is 0 Å². The molecule has 1 aliphatic carbocycles. The van der Waals surface area contributed by atoms with E-state index in [0.29, 0.717) is 0 Å². The third kappa shape index (κ3) is 2.96. The lowest BCUT2D eigenvalue weighted by molar-refractivity contribution is 0.280. The van der Waals surface area contributed by atoms with Gasteiger partial charge in [-0.2, -0.15) is 0 Å². The third-order valence-electron chi connectivity index (χ3n) is 4.30. The highest BCUT2D eigenvalue weighted by molar-refractivity contribution is 5.08. The van der Waals surface area contributed by atoms with Gasteiger partial charge in [0.2, 0.25) is 0 Å². The molecule has 2 atom stereocenters. The van der Waals surface area contributed by atoms with Crippen LogP contribution in [-0.2, 0) is 13.1 Å². The van der Waals surface area contributed by atoms with Crippen LogP contribution in [-0.4, -0.2) is 24.0 Å². The van der Waals surface area contributed by atoms with Crippen LogP contribution in [0, 0.1) is 11.8 Å². The van der Waals surface area contributed by atoms with Gasteiger partial charge in [-0.1, -0.05) is 13.8 Å². The number of hydrogen-bond donors (Lipinski definition) is 1. The fourth-order valence-electron chi connectivity index (χ4n) is 2.73. The van der Waals surface area contributed by atoms with Crippen molar-refractivity contribution in [3.05, 3.63) is 23.7 Å². The van der Waals surface area contributed by atoms with Crippen molar-refractivity contribution >= 4 is 0 Å². The highest BCUT2D eigenvalue weighted by atomic mass is 16.3. The lowest BCUT2D eigenvalue weighted by Gasteiger charge is -2.13. The predicted octanol–water partition coefficient (Wildman–Crippen LogP) is 2.62. The Hall–Kier alpha value is -0.800. The van der Waals surface area contributed by atoms with Crippen molar-refractivity contribution in [1.29, 1.82) is 0 Å². The molecule has 1 aromatic rings. The second-order valence-electron chi connectivity index (χ2n) is 6.17. The van der Waals surface area contributed by atoms with E-state index in [1.54, 1.807) is 0 Å². The summed E-state index contributed by atoms with van der Waals surface area (Å²) in [6, 6.07) is 5.00. The molecular formula is C15H24N2O. The van der Waals surface area contributed by atoms with Crippen molar-refractivity contribution in [1.82, 2.24) is 10.2 Å². The van der Waals surface area contributed by atoms with E-state index in [1.165, 1.54) is 25.9 Å². The Bertz CT molecular complexity index is 387. The van der Waals surface area contributed by atoms with Crippen LogP contribution in [0.15, 0.2) is 16.5 Å². The van der Waals surface area contributed by atoms with Gasteiger partial charge in [0.05, 0.1) is 13.1 Å². The number of likely N-dealkylation sites (tertiary alicyclic amines) is 1. The zero-order valence-electron chi connectivity index (χ0n) is 11.5. The van der Waals surface area contributed by atoms with E-state index in [9.17, 15) is 0 Å². The van der Waals surface area contributed by atoms with Crippen LogP contribution in [0.3, 0.4) is 0 Å². The van der Waals surface area contributed by atoms with E-state index in [-0.39, 0.29) is 0 Å². The minimum absolute atomic E-state index is 0.749. The first kappa shape index (κ1) is 12.2. The number of nitrogens with zero attached hydrogens (tertiary/aromatic N) is 1. The summed E-state index contributed by atoms with van der Waals surface area (Å²) in [5.41, 5.74) is 0. The topological polar surface area (TPSA) is 28.4 Å². The van der Waals surface area contributed by atoms with Gasteiger partial charge in [0, 0.05) is 19.1 Å². The fraction of sp³-hybridized carbons (Fsp3) is 0.733. The average Bonchev–Trinajstić information content (AvgIpc) is 2.98. The molecule has 2 unspecified atom stereocenters. The van der Waals surface area contributed by atoms with Gasteiger partial charge in [-0.3, -0.25) is 4.90 Å². The molecule has 3 heteroatoms. The Balaban J connectivity index is 1.50. The summed E-state index contributed by atoms with van der Waals surface area (Å²) in [4.78, 5) is 2.51. The van der Waals surface area contributed by atoms with Gasteiger partial charge >= 0.3 is 0 Å². The zero-order chi connectivity index (χ0) is 12.5. The molecule has 1 saturated carbocycles. The van der Waals surface area contributed by atoms with Crippen LogP contribution in [0.5, 0.6) is 0 Å². The molecule has 3 rings (SSSR count). The molecule has 1 saturated heterocycles. The summed E-state index contributed by atoms with van der Waals surface area (Å²) < 4.78 is 5.89. The van der Waals surface area contributed by atoms with Crippen LogP contribution in [0.1, 0.15) is 38.2 Å². The summed E-state index contributed by atoms with van der Waals surface area (Å²) in [6.07, 6.45) is 2.66. The SMILES string of the molecule is CC1CN(Cc2ccc(CNC3CC3)o2)CC1C. The molecule has 0 amide bonds. The fourth-order valence-corrected chi connectivity index (χ4v) is 2.73. The summed E-state index contributed by atoms with van der Waals surface area (Å²) >= 11 is 0. The van der Waals surface area contributed by atoms with Crippen LogP contribution >= 0.6 is 0 Å². The molecule has 3 nitrogen and oxygen atoms in total. The average molecular weight is 248 g/mol. The molecule has 1 N–H and O–H groups in total. The molecule has 2 aliphatic rings. The first-order valence-electron chi connectivity index (χ1n) is 7.24. The molecule has 2 heterocycles. The normalized spacial score (nSPS) is 29.0. The monoisotopic (exact) mass is 248 g/mol. The third-order valence-corrected chi connectivity index (χ3v) is 4.30. The van der Waals surface area contributed by atoms with Crippen LogP contribution < -0.4 is 5.32 Å². The van der Waals surface area contributed by atoms with Gasteiger partial charge in [-0.05, 0) is 36.8 Å². The lowest BCUT2D eigenvalue weighted by Crippen LogP contribution is -2.19. The maximum atomic E-state index is 5.89. The van der Waals surface area contributed by atoms with Crippen molar-refractivity contribution in [2.45, 2.75) is 45.8 Å². The summed E-state index contributed by atoms with van der Waals surface area (Å²) in [5, 5.41) is 3.49. The zero-order valence-corrected chi connectivity index (χ0v) is 11.5. The van der Waals surface area contributed by atoms with Crippen molar-refractivity contribution < 1.29 is 4.42 Å². The van der Waals surface area contributed by atoms with Crippen LogP contribution in [0.2, 0.25) is 0 Å². The summed E-state index contributed by atoms with van der Waals surface area (Å²) in [6.45, 7) is 8.96. The van der Waals surface area contributed by atoms with E-state index in [2.05, 4.69) is 36.2 Å². The Morgan fingerprint density at radius 1 is 1.17 bits per heavy atom. The molecule has 0 aromatic carbocycles. The van der Waals surface area contributed by atoms with Gasteiger partial charge in [0.15, 0.2) is 0 Å². The molecule has 2 fully saturated rings. The second-order valence-corrected chi connectivity index (χ2v) is 6.17. The van der Waals surface area contributed by atoms with Crippen LogP contribution in [0.25, 0.3) is 0 Å². The van der Waals surface area contributed by atoms with E-state index in [0.717, 1.165) is 42.5 Å². The molecule has 18 heavy (non-hydrogen) atoms. The molecule has 0 radical (unpaired) electrons. The van der Waals surface area contributed by atoms with Crippen molar-refractivity contribution in [2.75, 3.05) is 13.1 Å². The van der Waals surface area contributed by atoms with Gasteiger partial charge in [0.25, 0.3) is 0 Å². The Kier molecular flexibility index (Phi) is 3.44. The van der Waals surface area contributed by atoms with E-state index in [4.69, 9.17) is 4.42 Å². The van der Waals surface area contributed by atoms with Gasteiger partial charge in [0.1, 0.15) is 11.5 Å². The first-order valence-corrected chi connectivity index (χ1v) is 7.24. The Labute approximate surface area is 110 Å². The minimum Gasteiger partial charge on any atom is -0.463 e. The minimum atomic E-state index is 0.749. The largest absolute Gasteiger partial charge is 0.463 e. The molecule has 1 aromatic heterocycles. The van der Waals surface area contributed by atoms with Crippen molar-refractivity contribution in [3.8, 4) is 0 Å². The van der Waals surface area contributed by atoms with Crippen molar-refractivity contribution in [2.24, 2.45) is 11.8 Å². The first-order chi connectivity index (χ1) is 8.70. The quantitative estimate of drug-likeness (QED) is 0.868. The van der Waals surface area contributed by atoms with E-state index < -0.39 is 0 Å². The predicted molar refractivity (Wildman–Crippen MR) is 72.2 cm³/mol. The molecule has 0 bridgehead atoms. The number of rotatable bonds is 5. The lowest BCUT2D eigenvalue weighted by atomic mass is 10.0. The Morgan fingerprint density at radius 3 is 2.50 bits per heavy atom. The summed E-state index contributed by atoms with van der Waals surface area (Å²) in [5.74, 6) is 3.83. The van der Waals surface area contributed by atoms with Gasteiger partial charge in [-0.25, -0.2) is 0 Å². The van der Waals surface area contributed by atoms with Gasteiger partial charge in [-0.15, -0.1) is 0 Å². The Morgan fingerprint density at radius 2 is 1.83 bits per heavy atom. The number of nitrogens with one attached hydrogen (secondary N) is 1. The number of furan rings is 1. The highest BCUT2D eigenvalue weighted by Gasteiger charge is 2.26. The van der Waals surface area contributed by atoms with E-state index in [1.807, 2.05) is 0 Å². The second kappa shape index (κ2) is 5.06. The summed E-state index contributed by atoms with van der Waals surface area (Å²) in [7, 11) is 0. The molecule has 0 spiro atoms. The maximum Gasteiger partial charge on any atom is 0.118 e.